The largest absolute Gasteiger partial charge is 0.496 e. The zero-order chi connectivity index (χ0) is 12.0. The number of carbonyl (C=O) groups excluding carboxylic acids is 1. The highest BCUT2D eigenvalue weighted by molar-refractivity contribution is 5.79. The highest BCUT2D eigenvalue weighted by Crippen LogP contribution is 2.17. The van der Waals surface area contributed by atoms with Gasteiger partial charge in [-0.05, 0) is 13.0 Å². The standard InChI is InChI=1S/C12H18N2O2/c1-9(8-13)14-12(15)7-10-5-3-4-6-11(10)16-2/h3-6,9H,7-8,13H2,1-2H3,(H,14,15)/t9-/m0/s1. The van der Waals surface area contributed by atoms with Crippen molar-refractivity contribution >= 4 is 5.91 Å². The van der Waals surface area contributed by atoms with Crippen LogP contribution in [0, 0.1) is 0 Å². The molecule has 0 saturated heterocycles. The summed E-state index contributed by atoms with van der Waals surface area (Å²) in [4.78, 5) is 11.6. The summed E-state index contributed by atoms with van der Waals surface area (Å²) in [5.74, 6) is 0.695. The van der Waals surface area contributed by atoms with Gasteiger partial charge in [0.15, 0.2) is 0 Å². The molecule has 1 atom stereocenters. The van der Waals surface area contributed by atoms with Crippen LogP contribution in [0.15, 0.2) is 24.3 Å². The van der Waals surface area contributed by atoms with E-state index in [1.807, 2.05) is 31.2 Å². The van der Waals surface area contributed by atoms with Gasteiger partial charge in [-0.2, -0.15) is 0 Å². The van der Waals surface area contributed by atoms with Gasteiger partial charge in [0, 0.05) is 18.2 Å². The van der Waals surface area contributed by atoms with Crippen molar-refractivity contribution in [1.82, 2.24) is 5.32 Å². The molecule has 3 N–H and O–H groups in total. The number of methoxy groups -OCH3 is 1. The molecule has 1 aromatic rings. The summed E-state index contributed by atoms with van der Waals surface area (Å²) in [6.45, 7) is 2.32. The first kappa shape index (κ1) is 12.5. The van der Waals surface area contributed by atoms with Crippen LogP contribution in [-0.4, -0.2) is 25.6 Å². The van der Waals surface area contributed by atoms with Crippen molar-refractivity contribution in [2.24, 2.45) is 5.73 Å². The number of hydrogen-bond donors (Lipinski definition) is 2. The Hall–Kier alpha value is -1.55. The van der Waals surface area contributed by atoms with Crippen molar-refractivity contribution in [1.29, 1.82) is 0 Å². The zero-order valence-corrected chi connectivity index (χ0v) is 9.69. The summed E-state index contributed by atoms with van der Waals surface area (Å²) in [5, 5.41) is 2.81. The molecule has 1 rings (SSSR count). The molecule has 0 radical (unpaired) electrons. The third-order valence-electron chi connectivity index (χ3n) is 2.30. The van der Waals surface area contributed by atoms with E-state index in [0.717, 1.165) is 11.3 Å². The first-order valence-electron chi connectivity index (χ1n) is 5.28. The molecule has 88 valence electrons. The van der Waals surface area contributed by atoms with E-state index in [-0.39, 0.29) is 11.9 Å². The van der Waals surface area contributed by atoms with E-state index in [4.69, 9.17) is 10.5 Å². The van der Waals surface area contributed by atoms with Gasteiger partial charge in [-0.1, -0.05) is 18.2 Å². The monoisotopic (exact) mass is 222 g/mol. The lowest BCUT2D eigenvalue weighted by molar-refractivity contribution is -0.121. The van der Waals surface area contributed by atoms with E-state index < -0.39 is 0 Å². The fourth-order valence-corrected chi connectivity index (χ4v) is 1.41. The second-order valence-corrected chi connectivity index (χ2v) is 3.69. The molecular formula is C12H18N2O2. The van der Waals surface area contributed by atoms with Crippen LogP contribution < -0.4 is 15.8 Å². The normalized spacial score (nSPS) is 11.9. The van der Waals surface area contributed by atoms with Gasteiger partial charge in [-0.25, -0.2) is 0 Å². The maximum atomic E-state index is 11.6. The van der Waals surface area contributed by atoms with Gasteiger partial charge in [0.1, 0.15) is 5.75 Å². The summed E-state index contributed by atoms with van der Waals surface area (Å²) < 4.78 is 5.17. The molecule has 0 saturated carbocycles. The minimum absolute atomic E-state index is 0.00204. The Morgan fingerprint density at radius 2 is 2.19 bits per heavy atom. The van der Waals surface area contributed by atoms with Gasteiger partial charge in [0.05, 0.1) is 13.5 Å². The molecule has 1 aromatic carbocycles. The molecule has 4 heteroatoms. The second-order valence-electron chi connectivity index (χ2n) is 3.69. The molecule has 0 bridgehead atoms. The predicted octanol–water partition coefficient (Wildman–Crippen LogP) is 0.701. The van der Waals surface area contributed by atoms with Crippen molar-refractivity contribution in [3.63, 3.8) is 0 Å². The second kappa shape index (κ2) is 6.12. The Balaban J connectivity index is 2.62. The highest BCUT2D eigenvalue weighted by atomic mass is 16.5. The summed E-state index contributed by atoms with van der Waals surface area (Å²) in [6.07, 6.45) is 0.314. The van der Waals surface area contributed by atoms with Crippen LogP contribution in [0.1, 0.15) is 12.5 Å². The minimum atomic E-state index is -0.0394. The average molecular weight is 222 g/mol. The SMILES string of the molecule is COc1ccccc1CC(=O)N[C@@H](C)CN. The number of amides is 1. The molecule has 0 aliphatic carbocycles. The number of benzene rings is 1. The third kappa shape index (κ3) is 3.55. The molecule has 0 aromatic heterocycles. The maximum absolute atomic E-state index is 11.6. The van der Waals surface area contributed by atoms with E-state index in [9.17, 15) is 4.79 Å². The molecule has 16 heavy (non-hydrogen) atoms. The third-order valence-corrected chi connectivity index (χ3v) is 2.30. The van der Waals surface area contributed by atoms with Crippen molar-refractivity contribution in [3.8, 4) is 5.75 Å². The van der Waals surface area contributed by atoms with Crippen LogP contribution in [0.3, 0.4) is 0 Å². The van der Waals surface area contributed by atoms with Gasteiger partial charge in [0.25, 0.3) is 0 Å². The van der Waals surface area contributed by atoms with Gasteiger partial charge >= 0.3 is 0 Å². The number of nitrogens with two attached hydrogens (primary N) is 1. The zero-order valence-electron chi connectivity index (χ0n) is 9.69. The van der Waals surface area contributed by atoms with Crippen molar-refractivity contribution < 1.29 is 9.53 Å². The Bertz CT molecular complexity index is 353. The van der Waals surface area contributed by atoms with Crippen molar-refractivity contribution in [3.05, 3.63) is 29.8 Å². The van der Waals surface area contributed by atoms with Crippen LogP contribution in [-0.2, 0) is 11.2 Å². The number of rotatable bonds is 5. The van der Waals surface area contributed by atoms with E-state index in [1.165, 1.54) is 0 Å². The number of para-hydroxylation sites is 1. The lowest BCUT2D eigenvalue weighted by atomic mass is 10.1. The van der Waals surface area contributed by atoms with Gasteiger partial charge < -0.3 is 15.8 Å². The molecular weight excluding hydrogens is 204 g/mol. The Kier molecular flexibility index (Phi) is 4.79. The van der Waals surface area contributed by atoms with Crippen LogP contribution in [0.5, 0.6) is 5.75 Å². The van der Waals surface area contributed by atoms with Gasteiger partial charge in [-0.3, -0.25) is 4.79 Å². The topological polar surface area (TPSA) is 64.3 Å². The minimum Gasteiger partial charge on any atom is -0.496 e. The van der Waals surface area contributed by atoms with E-state index >= 15 is 0 Å². The van der Waals surface area contributed by atoms with Crippen LogP contribution in [0.4, 0.5) is 0 Å². The molecule has 0 heterocycles. The fraction of sp³-hybridized carbons (Fsp3) is 0.417. The number of hydrogen-bond acceptors (Lipinski definition) is 3. The smallest absolute Gasteiger partial charge is 0.224 e. The van der Waals surface area contributed by atoms with E-state index in [1.54, 1.807) is 7.11 Å². The summed E-state index contributed by atoms with van der Waals surface area (Å²) in [7, 11) is 1.60. The van der Waals surface area contributed by atoms with Crippen LogP contribution >= 0.6 is 0 Å². The average Bonchev–Trinajstić information content (AvgIpc) is 2.29. The molecule has 0 aliphatic rings. The lowest BCUT2D eigenvalue weighted by Crippen LogP contribution is -2.38. The maximum Gasteiger partial charge on any atom is 0.224 e. The molecule has 1 amide bonds. The Morgan fingerprint density at radius 3 is 2.81 bits per heavy atom. The number of nitrogens with one attached hydrogen (secondary N) is 1. The summed E-state index contributed by atoms with van der Waals surface area (Å²) >= 11 is 0. The predicted molar refractivity (Wildman–Crippen MR) is 63.4 cm³/mol. The van der Waals surface area contributed by atoms with Crippen molar-refractivity contribution in [2.45, 2.75) is 19.4 Å². The molecule has 0 fully saturated rings. The Morgan fingerprint density at radius 1 is 1.50 bits per heavy atom. The molecule has 0 aliphatic heterocycles. The van der Waals surface area contributed by atoms with E-state index in [0.29, 0.717) is 13.0 Å². The first-order valence-corrected chi connectivity index (χ1v) is 5.28. The molecule has 0 spiro atoms. The lowest BCUT2D eigenvalue weighted by Gasteiger charge is -2.12. The Labute approximate surface area is 95.8 Å². The highest BCUT2D eigenvalue weighted by Gasteiger charge is 2.09. The van der Waals surface area contributed by atoms with Crippen LogP contribution in [0.25, 0.3) is 0 Å². The molecule has 0 unspecified atom stereocenters. The van der Waals surface area contributed by atoms with Crippen LogP contribution in [0.2, 0.25) is 0 Å². The van der Waals surface area contributed by atoms with Gasteiger partial charge in [-0.15, -0.1) is 0 Å². The first-order chi connectivity index (χ1) is 7.67. The van der Waals surface area contributed by atoms with Gasteiger partial charge in [0.2, 0.25) is 5.91 Å². The van der Waals surface area contributed by atoms with E-state index in [2.05, 4.69) is 5.32 Å². The van der Waals surface area contributed by atoms with Crippen molar-refractivity contribution in [2.75, 3.05) is 13.7 Å². The quantitative estimate of drug-likeness (QED) is 0.771. The number of ether oxygens (including phenoxy) is 1. The molecule has 4 nitrogen and oxygen atoms in total. The summed E-state index contributed by atoms with van der Waals surface area (Å²) in [6, 6.07) is 7.49. The summed E-state index contributed by atoms with van der Waals surface area (Å²) in [5.41, 5.74) is 6.31. The fourth-order valence-electron chi connectivity index (χ4n) is 1.41. The number of carbonyl (C=O) groups is 1.